The van der Waals surface area contributed by atoms with E-state index in [2.05, 4.69) is 22.0 Å². The third-order valence-electron chi connectivity index (χ3n) is 4.38. The minimum Gasteiger partial charge on any atom is -0.383 e. The first-order valence-corrected chi connectivity index (χ1v) is 8.10. The molecule has 5 nitrogen and oxygen atoms in total. The standard InChI is InChI=1S/C15H31N3O2/c1-3-17-8-10-20-15(12-17)13-18(7-9-19-2)11-14-5-4-6-16-14/h14-16H,3-13H2,1-2H3. The van der Waals surface area contributed by atoms with Crippen molar-refractivity contribution in [2.45, 2.75) is 31.9 Å². The Morgan fingerprint density at radius 2 is 2.30 bits per heavy atom. The minimum absolute atomic E-state index is 0.349. The van der Waals surface area contributed by atoms with Crippen molar-refractivity contribution in [3.05, 3.63) is 0 Å². The molecule has 0 aliphatic carbocycles. The van der Waals surface area contributed by atoms with Gasteiger partial charge in [0.2, 0.25) is 0 Å². The Hall–Kier alpha value is -0.200. The number of morpholine rings is 1. The first kappa shape index (κ1) is 16.2. The summed E-state index contributed by atoms with van der Waals surface area (Å²) in [4.78, 5) is 4.99. The molecule has 5 heteroatoms. The zero-order chi connectivity index (χ0) is 14.2. The Morgan fingerprint density at radius 1 is 1.40 bits per heavy atom. The number of nitrogens with zero attached hydrogens (tertiary/aromatic N) is 2. The first-order valence-electron chi connectivity index (χ1n) is 8.10. The van der Waals surface area contributed by atoms with E-state index in [9.17, 15) is 0 Å². The third kappa shape index (κ3) is 5.30. The van der Waals surface area contributed by atoms with Gasteiger partial charge < -0.3 is 14.8 Å². The van der Waals surface area contributed by atoms with Crippen molar-refractivity contribution in [1.82, 2.24) is 15.1 Å². The SMILES string of the molecule is CCN1CCOC(CN(CCOC)CC2CCCN2)C1. The van der Waals surface area contributed by atoms with E-state index >= 15 is 0 Å². The molecule has 118 valence electrons. The van der Waals surface area contributed by atoms with Gasteiger partial charge in [-0.25, -0.2) is 0 Å². The highest BCUT2D eigenvalue weighted by molar-refractivity contribution is 4.81. The van der Waals surface area contributed by atoms with Crippen LogP contribution in [0.5, 0.6) is 0 Å². The molecule has 2 fully saturated rings. The van der Waals surface area contributed by atoms with Gasteiger partial charge in [0.15, 0.2) is 0 Å². The highest BCUT2D eigenvalue weighted by Crippen LogP contribution is 2.10. The molecule has 0 aromatic rings. The van der Waals surface area contributed by atoms with Crippen LogP contribution in [0.4, 0.5) is 0 Å². The third-order valence-corrected chi connectivity index (χ3v) is 4.38. The van der Waals surface area contributed by atoms with Crippen LogP contribution < -0.4 is 5.32 Å². The number of methoxy groups -OCH3 is 1. The van der Waals surface area contributed by atoms with Crippen LogP contribution in [0.2, 0.25) is 0 Å². The summed E-state index contributed by atoms with van der Waals surface area (Å²) in [6.45, 7) is 11.5. The molecule has 0 aromatic carbocycles. The van der Waals surface area contributed by atoms with Crippen molar-refractivity contribution in [2.24, 2.45) is 0 Å². The van der Waals surface area contributed by atoms with Crippen molar-refractivity contribution >= 4 is 0 Å². The van der Waals surface area contributed by atoms with Crippen molar-refractivity contribution in [1.29, 1.82) is 0 Å². The Labute approximate surface area is 123 Å². The van der Waals surface area contributed by atoms with E-state index in [-0.39, 0.29) is 0 Å². The van der Waals surface area contributed by atoms with Crippen LogP contribution in [0.1, 0.15) is 19.8 Å². The summed E-state index contributed by atoms with van der Waals surface area (Å²) in [6, 6.07) is 0.651. The van der Waals surface area contributed by atoms with Gasteiger partial charge in [-0.05, 0) is 25.9 Å². The van der Waals surface area contributed by atoms with E-state index in [0.717, 1.165) is 52.5 Å². The normalized spacial score (nSPS) is 28.4. The lowest BCUT2D eigenvalue weighted by Gasteiger charge is -2.36. The van der Waals surface area contributed by atoms with Gasteiger partial charge in [0.1, 0.15) is 0 Å². The van der Waals surface area contributed by atoms with Gasteiger partial charge in [0, 0.05) is 45.9 Å². The van der Waals surface area contributed by atoms with Crippen LogP contribution in [0.3, 0.4) is 0 Å². The molecule has 2 saturated heterocycles. The molecule has 2 atom stereocenters. The summed E-state index contributed by atoms with van der Waals surface area (Å²) < 4.78 is 11.2. The van der Waals surface area contributed by atoms with Crippen LogP contribution in [0.25, 0.3) is 0 Å². The molecule has 2 aliphatic heterocycles. The van der Waals surface area contributed by atoms with Gasteiger partial charge in [0.25, 0.3) is 0 Å². The predicted molar refractivity (Wildman–Crippen MR) is 81.2 cm³/mol. The average Bonchev–Trinajstić information content (AvgIpc) is 2.98. The molecule has 0 saturated carbocycles. The summed E-state index contributed by atoms with van der Waals surface area (Å²) in [5.74, 6) is 0. The van der Waals surface area contributed by atoms with E-state index in [1.165, 1.54) is 19.4 Å². The fourth-order valence-electron chi connectivity index (χ4n) is 3.17. The van der Waals surface area contributed by atoms with E-state index in [1.54, 1.807) is 7.11 Å². The van der Waals surface area contributed by atoms with Crippen molar-refractivity contribution in [3.63, 3.8) is 0 Å². The minimum atomic E-state index is 0.349. The number of likely N-dealkylation sites (N-methyl/N-ethyl adjacent to an activating group) is 1. The number of ether oxygens (including phenoxy) is 2. The summed E-state index contributed by atoms with van der Waals surface area (Å²) in [6.07, 6.45) is 2.96. The molecular formula is C15H31N3O2. The quantitative estimate of drug-likeness (QED) is 0.699. The first-order chi connectivity index (χ1) is 9.81. The molecule has 2 unspecified atom stereocenters. The molecule has 0 radical (unpaired) electrons. The Kier molecular flexibility index (Phi) is 7.24. The lowest BCUT2D eigenvalue weighted by Crippen LogP contribution is -2.49. The van der Waals surface area contributed by atoms with Crippen LogP contribution in [0.15, 0.2) is 0 Å². The van der Waals surface area contributed by atoms with Crippen molar-refractivity contribution < 1.29 is 9.47 Å². The smallest absolute Gasteiger partial charge is 0.0829 e. The predicted octanol–water partition coefficient (Wildman–Crippen LogP) is 0.408. The molecule has 0 amide bonds. The van der Waals surface area contributed by atoms with Crippen LogP contribution >= 0.6 is 0 Å². The maximum absolute atomic E-state index is 5.94. The van der Waals surface area contributed by atoms with Crippen LogP contribution in [0, 0.1) is 0 Å². The highest BCUT2D eigenvalue weighted by Gasteiger charge is 2.24. The van der Waals surface area contributed by atoms with Gasteiger partial charge in [-0.3, -0.25) is 9.80 Å². The van der Waals surface area contributed by atoms with Gasteiger partial charge in [0.05, 0.1) is 19.3 Å². The maximum atomic E-state index is 5.94. The topological polar surface area (TPSA) is 37.0 Å². The molecule has 2 rings (SSSR count). The van der Waals surface area contributed by atoms with Gasteiger partial charge in [-0.2, -0.15) is 0 Å². The summed E-state index contributed by atoms with van der Waals surface area (Å²) in [5, 5.41) is 3.59. The zero-order valence-corrected chi connectivity index (χ0v) is 13.1. The number of nitrogens with one attached hydrogen (secondary N) is 1. The van der Waals surface area contributed by atoms with E-state index in [0.29, 0.717) is 12.1 Å². The maximum Gasteiger partial charge on any atom is 0.0829 e. The van der Waals surface area contributed by atoms with Crippen molar-refractivity contribution in [2.75, 3.05) is 66.1 Å². The number of hydrogen-bond donors (Lipinski definition) is 1. The number of hydrogen-bond acceptors (Lipinski definition) is 5. The monoisotopic (exact) mass is 285 g/mol. The Morgan fingerprint density at radius 3 is 3.00 bits per heavy atom. The molecule has 0 aromatic heterocycles. The largest absolute Gasteiger partial charge is 0.383 e. The van der Waals surface area contributed by atoms with Gasteiger partial charge in [-0.15, -0.1) is 0 Å². The molecule has 0 bridgehead atoms. The number of rotatable bonds is 8. The van der Waals surface area contributed by atoms with E-state index in [4.69, 9.17) is 9.47 Å². The van der Waals surface area contributed by atoms with Gasteiger partial charge in [-0.1, -0.05) is 6.92 Å². The molecule has 1 N–H and O–H groups in total. The second-order valence-electron chi connectivity index (χ2n) is 5.93. The summed E-state index contributed by atoms with van der Waals surface area (Å²) in [5.41, 5.74) is 0. The molecule has 2 heterocycles. The summed E-state index contributed by atoms with van der Waals surface area (Å²) in [7, 11) is 1.78. The Balaban J connectivity index is 1.78. The molecule has 0 spiro atoms. The highest BCUT2D eigenvalue weighted by atomic mass is 16.5. The zero-order valence-electron chi connectivity index (χ0n) is 13.1. The second-order valence-corrected chi connectivity index (χ2v) is 5.93. The second kappa shape index (κ2) is 8.95. The fourth-order valence-corrected chi connectivity index (χ4v) is 3.17. The molecule has 2 aliphatic rings. The van der Waals surface area contributed by atoms with Crippen LogP contribution in [-0.2, 0) is 9.47 Å². The van der Waals surface area contributed by atoms with Crippen molar-refractivity contribution in [3.8, 4) is 0 Å². The Bertz CT molecular complexity index is 260. The molecule has 20 heavy (non-hydrogen) atoms. The lowest BCUT2D eigenvalue weighted by atomic mass is 10.2. The van der Waals surface area contributed by atoms with E-state index in [1.807, 2.05) is 0 Å². The average molecular weight is 285 g/mol. The van der Waals surface area contributed by atoms with E-state index < -0.39 is 0 Å². The molecular weight excluding hydrogens is 254 g/mol. The summed E-state index contributed by atoms with van der Waals surface area (Å²) >= 11 is 0. The van der Waals surface area contributed by atoms with Gasteiger partial charge >= 0.3 is 0 Å². The lowest BCUT2D eigenvalue weighted by molar-refractivity contribution is -0.0445. The fraction of sp³-hybridized carbons (Fsp3) is 1.00. The van der Waals surface area contributed by atoms with Crippen LogP contribution in [-0.4, -0.2) is 88.1 Å².